The molecule has 3 aromatic heterocycles. The molecule has 5 rings (SSSR count). The summed E-state index contributed by atoms with van der Waals surface area (Å²) in [6.45, 7) is 6.97. The highest BCUT2D eigenvalue weighted by Crippen LogP contribution is 2.42. The van der Waals surface area contributed by atoms with E-state index in [4.69, 9.17) is 33.4 Å². The Balaban J connectivity index is 1.46. The summed E-state index contributed by atoms with van der Waals surface area (Å²) in [7, 11) is 3.21. The van der Waals surface area contributed by atoms with Gasteiger partial charge in [-0.25, -0.2) is 4.98 Å². The van der Waals surface area contributed by atoms with Crippen LogP contribution in [0.4, 0.5) is 11.8 Å². The second kappa shape index (κ2) is 13.9. The molecule has 4 atom stereocenters. The molecule has 14 heteroatoms. The van der Waals surface area contributed by atoms with Gasteiger partial charge >= 0.3 is 0 Å². The summed E-state index contributed by atoms with van der Waals surface area (Å²) >= 11 is 0. The van der Waals surface area contributed by atoms with Crippen molar-refractivity contribution in [3.05, 3.63) is 47.6 Å². The van der Waals surface area contributed by atoms with Gasteiger partial charge in [0.05, 0.1) is 26.2 Å². The van der Waals surface area contributed by atoms with Crippen molar-refractivity contribution in [1.82, 2.24) is 24.7 Å². The van der Waals surface area contributed by atoms with Crippen molar-refractivity contribution < 1.29 is 33.4 Å². The summed E-state index contributed by atoms with van der Waals surface area (Å²) in [4.78, 5) is 25.6. The third kappa shape index (κ3) is 6.26. The van der Waals surface area contributed by atoms with E-state index < -0.39 is 24.5 Å². The maximum atomic E-state index is 11.5. The number of aliphatic hydroxyl groups is 1. The molecule has 3 N–H and O–H groups in total. The Kier molecular flexibility index (Phi) is 9.80. The molecule has 1 aliphatic heterocycles. The number of methoxy groups -OCH3 is 2. The zero-order chi connectivity index (χ0) is 31.2. The highest BCUT2D eigenvalue weighted by atomic mass is 16.6. The highest BCUT2D eigenvalue weighted by molar-refractivity contribution is 5.84. The number of hydrogen-bond donors (Lipinski definition) is 3. The Morgan fingerprint density at radius 1 is 1.11 bits per heavy atom. The smallest absolute Gasteiger partial charge is 0.293 e. The van der Waals surface area contributed by atoms with Gasteiger partial charge in [-0.2, -0.15) is 9.97 Å². The Morgan fingerprint density at radius 3 is 2.59 bits per heavy atom. The number of fused-ring (bicyclic) bond motifs is 1. The molecule has 0 aliphatic carbocycles. The zero-order valence-corrected chi connectivity index (χ0v) is 25.5. The van der Waals surface area contributed by atoms with E-state index in [1.807, 2.05) is 25.1 Å². The fourth-order valence-electron chi connectivity index (χ4n) is 5.27. The minimum atomic E-state index is -1.22. The number of benzene rings is 1. The van der Waals surface area contributed by atoms with Crippen molar-refractivity contribution in [2.75, 3.05) is 31.4 Å². The Labute approximate surface area is 255 Å². The number of hydrogen-bond acceptors (Lipinski definition) is 13. The van der Waals surface area contributed by atoms with Crippen LogP contribution in [0.5, 0.6) is 11.5 Å². The Morgan fingerprint density at radius 2 is 1.91 bits per heavy atom. The number of aliphatic hydroxyl groups excluding tert-OH is 1. The monoisotopic (exact) mass is 609 g/mol. The summed E-state index contributed by atoms with van der Waals surface area (Å²) < 4.78 is 29.4. The van der Waals surface area contributed by atoms with Gasteiger partial charge in [0, 0.05) is 18.7 Å². The lowest BCUT2D eigenvalue weighted by molar-refractivity contribution is -0.142. The van der Waals surface area contributed by atoms with Crippen molar-refractivity contribution in [3.63, 3.8) is 0 Å². The van der Waals surface area contributed by atoms with Crippen LogP contribution in [-0.4, -0.2) is 75.3 Å². The van der Waals surface area contributed by atoms with E-state index in [0.29, 0.717) is 71.7 Å². The van der Waals surface area contributed by atoms with Crippen LogP contribution in [0.15, 0.2) is 35.1 Å². The molecule has 0 spiro atoms. The molecule has 44 heavy (non-hydrogen) atoms. The summed E-state index contributed by atoms with van der Waals surface area (Å²) in [6.07, 6.45) is 0.495. The minimum absolute atomic E-state index is 0.164. The number of ether oxygens (including phenoxy) is 4. The number of nitrogens with one attached hydrogen (secondary N) is 2. The maximum Gasteiger partial charge on any atom is 0.293 e. The van der Waals surface area contributed by atoms with E-state index >= 15 is 0 Å². The van der Waals surface area contributed by atoms with Crippen molar-refractivity contribution in [2.24, 2.45) is 0 Å². The molecule has 1 aromatic carbocycles. The van der Waals surface area contributed by atoms with Gasteiger partial charge in [0.2, 0.25) is 5.95 Å². The average Bonchev–Trinajstić information content (AvgIpc) is 3.77. The van der Waals surface area contributed by atoms with Gasteiger partial charge in [0.15, 0.2) is 52.7 Å². The van der Waals surface area contributed by atoms with Crippen LogP contribution in [0.3, 0.4) is 0 Å². The molecular weight excluding hydrogens is 570 g/mol. The lowest BCUT2D eigenvalue weighted by atomic mass is 10.1. The number of aromatic nitrogens is 5. The molecule has 4 aromatic rings. The number of carbonyl (C=O) groups excluding carboxylic acids is 1. The normalized spacial score (nSPS) is 19.8. The average molecular weight is 610 g/mol. The highest BCUT2D eigenvalue weighted by Gasteiger charge is 2.49. The summed E-state index contributed by atoms with van der Waals surface area (Å²) in [5, 5.41) is 22.0. The number of anilines is 2. The second-order valence-corrected chi connectivity index (χ2v) is 10.5. The van der Waals surface area contributed by atoms with E-state index in [2.05, 4.69) is 34.6 Å². The topological polar surface area (TPSA) is 168 Å². The SMILES string of the molecule is CCc1cc([C@H]2O[C@@H](n3cnc4c(NC(CC)CC)nc(NCCc5ccc(OC)c(OC)c5)nc43)[C@H](OC=O)[C@@H]2O)on1. The van der Waals surface area contributed by atoms with E-state index in [1.165, 1.54) is 0 Å². The number of aryl methyl sites for hydroxylation is 1. The number of rotatable bonds is 15. The van der Waals surface area contributed by atoms with E-state index in [0.717, 1.165) is 18.4 Å². The van der Waals surface area contributed by atoms with E-state index in [1.54, 1.807) is 31.2 Å². The molecule has 1 saturated heterocycles. The van der Waals surface area contributed by atoms with E-state index in [-0.39, 0.29) is 6.04 Å². The lowest BCUT2D eigenvalue weighted by Gasteiger charge is -2.20. The summed E-state index contributed by atoms with van der Waals surface area (Å²) in [5.41, 5.74) is 2.71. The van der Waals surface area contributed by atoms with Crippen LogP contribution < -0.4 is 20.1 Å². The number of carbonyl (C=O) groups is 1. The predicted molar refractivity (Wildman–Crippen MR) is 161 cm³/mol. The zero-order valence-electron chi connectivity index (χ0n) is 25.5. The van der Waals surface area contributed by atoms with Gasteiger partial charge in [0.25, 0.3) is 6.47 Å². The second-order valence-electron chi connectivity index (χ2n) is 10.5. The molecule has 1 aliphatic rings. The molecule has 0 bridgehead atoms. The van der Waals surface area contributed by atoms with Crippen molar-refractivity contribution >= 4 is 29.4 Å². The largest absolute Gasteiger partial charge is 0.493 e. The first kappa shape index (κ1) is 31.0. The van der Waals surface area contributed by atoms with Crippen LogP contribution in [0.25, 0.3) is 11.2 Å². The maximum absolute atomic E-state index is 11.5. The molecule has 4 heterocycles. The fraction of sp³-hybridized carbons (Fsp3) is 0.500. The van der Waals surface area contributed by atoms with Crippen LogP contribution in [-0.2, 0) is 27.1 Å². The van der Waals surface area contributed by atoms with Gasteiger partial charge in [0.1, 0.15) is 6.10 Å². The standard InChI is InChI=1S/C30H39N7O7/c1-6-18(7-2)33-27-23-28(35-30(34-27)31-12-11-17-9-10-20(40-4)21(13-17)41-5)37(15-32-23)29-26(42-16-38)24(39)25(43-29)22-14-19(8-3)36-44-22/h9-10,13-16,18,24-26,29,39H,6-8,11-12H2,1-5H3,(H2,31,33,34,35)/t24-,25-,26-,29-/m1/s1. The van der Waals surface area contributed by atoms with Crippen LogP contribution in [0.2, 0.25) is 0 Å². The molecule has 0 saturated carbocycles. The third-order valence-electron chi connectivity index (χ3n) is 7.81. The van der Waals surface area contributed by atoms with Crippen molar-refractivity contribution in [2.45, 2.75) is 77.0 Å². The molecule has 0 radical (unpaired) electrons. The molecule has 0 unspecified atom stereocenters. The summed E-state index contributed by atoms with van der Waals surface area (Å²) in [6, 6.07) is 7.67. The van der Waals surface area contributed by atoms with Gasteiger partial charge in [-0.1, -0.05) is 32.0 Å². The van der Waals surface area contributed by atoms with Gasteiger partial charge in [-0.15, -0.1) is 0 Å². The molecule has 1 fully saturated rings. The first-order valence-electron chi connectivity index (χ1n) is 14.8. The lowest BCUT2D eigenvalue weighted by Crippen LogP contribution is -2.32. The molecule has 14 nitrogen and oxygen atoms in total. The van der Waals surface area contributed by atoms with Crippen molar-refractivity contribution in [3.8, 4) is 11.5 Å². The number of nitrogens with zero attached hydrogens (tertiary/aromatic N) is 5. The molecular formula is C30H39N7O7. The Hall–Kier alpha value is -4.43. The Bertz CT molecular complexity index is 1550. The summed E-state index contributed by atoms with van der Waals surface area (Å²) in [5.74, 6) is 2.59. The molecule has 236 valence electrons. The van der Waals surface area contributed by atoms with Gasteiger partial charge in [-0.05, 0) is 43.4 Å². The first-order valence-corrected chi connectivity index (χ1v) is 14.8. The van der Waals surface area contributed by atoms with Crippen LogP contribution in [0.1, 0.15) is 63.0 Å². The minimum Gasteiger partial charge on any atom is -0.493 e. The first-order chi connectivity index (χ1) is 21.4. The molecule has 0 amide bonds. The van der Waals surface area contributed by atoms with Gasteiger partial charge in [-0.3, -0.25) is 9.36 Å². The van der Waals surface area contributed by atoms with Crippen LogP contribution >= 0.6 is 0 Å². The van der Waals surface area contributed by atoms with E-state index in [9.17, 15) is 9.90 Å². The third-order valence-corrected chi connectivity index (χ3v) is 7.81. The van der Waals surface area contributed by atoms with Crippen LogP contribution in [0, 0.1) is 0 Å². The van der Waals surface area contributed by atoms with Gasteiger partial charge < -0.3 is 39.2 Å². The predicted octanol–water partition coefficient (Wildman–Crippen LogP) is 3.82. The number of imidazole rings is 1. The fourth-order valence-corrected chi connectivity index (χ4v) is 5.27. The van der Waals surface area contributed by atoms with Crippen molar-refractivity contribution in [1.29, 1.82) is 0 Å². The quantitative estimate of drug-likeness (QED) is 0.167.